The molecule has 0 heterocycles. The lowest BCUT2D eigenvalue weighted by atomic mass is 10.1. The van der Waals surface area contributed by atoms with Gasteiger partial charge in [0.1, 0.15) is 0 Å². The van der Waals surface area contributed by atoms with Crippen LogP contribution < -0.4 is 5.48 Å². The molecule has 1 aromatic carbocycles. The van der Waals surface area contributed by atoms with Crippen LogP contribution >= 0.6 is 0 Å². The number of carbonyl (C=O) groups excluding carboxylic acids is 2. The van der Waals surface area contributed by atoms with Gasteiger partial charge in [-0.3, -0.25) is 19.8 Å². The Kier molecular flexibility index (Phi) is 13.6. The Labute approximate surface area is 138 Å². The topological polar surface area (TPSA) is 78.8 Å². The van der Waals surface area contributed by atoms with E-state index < -0.39 is 0 Å². The van der Waals surface area contributed by atoms with E-state index in [1.54, 1.807) is 11.7 Å². The molecule has 0 radical (unpaired) electrons. The minimum atomic E-state index is -0.360. The molecule has 0 spiro atoms. The van der Waals surface area contributed by atoms with Crippen molar-refractivity contribution in [3.05, 3.63) is 35.9 Å². The maximum absolute atomic E-state index is 11.6. The third-order valence-electron chi connectivity index (χ3n) is 3.04. The van der Waals surface area contributed by atoms with Crippen LogP contribution in [0.2, 0.25) is 0 Å². The maximum atomic E-state index is 11.6. The van der Waals surface area contributed by atoms with Crippen LogP contribution in [-0.4, -0.2) is 29.7 Å². The van der Waals surface area contributed by atoms with Gasteiger partial charge in [0.25, 0.3) is 0 Å². The fraction of sp³-hybridized carbons (Fsp3) is 0.500. The van der Waals surface area contributed by atoms with E-state index in [1.807, 2.05) is 44.2 Å². The van der Waals surface area contributed by atoms with Crippen LogP contribution in [0.3, 0.4) is 0 Å². The van der Waals surface area contributed by atoms with E-state index in [-0.39, 0.29) is 18.2 Å². The fourth-order valence-electron chi connectivity index (χ4n) is 1.89. The van der Waals surface area contributed by atoms with E-state index in [2.05, 4.69) is 4.99 Å². The van der Waals surface area contributed by atoms with Gasteiger partial charge in [-0.25, -0.2) is 5.48 Å². The first-order chi connectivity index (χ1) is 11.2. The molecule has 5 heteroatoms. The third kappa shape index (κ3) is 12.2. The Morgan fingerprint density at radius 2 is 1.65 bits per heavy atom. The number of hydrogen-bond donors (Lipinski definition) is 2. The van der Waals surface area contributed by atoms with Gasteiger partial charge in [-0.15, -0.1) is 0 Å². The van der Waals surface area contributed by atoms with Crippen molar-refractivity contribution in [1.29, 1.82) is 0 Å². The highest BCUT2D eigenvalue weighted by Gasteiger charge is 2.01. The zero-order chi connectivity index (χ0) is 17.3. The number of aliphatic imine (C=N–C) groups is 1. The van der Waals surface area contributed by atoms with Crippen LogP contribution in [0.25, 0.3) is 0 Å². The summed E-state index contributed by atoms with van der Waals surface area (Å²) in [5.41, 5.74) is 2.59. The minimum absolute atomic E-state index is 0.135. The number of benzene rings is 1. The lowest BCUT2D eigenvalue weighted by Gasteiger charge is -2.00. The molecule has 1 amide bonds. The number of unbranched alkanes of at least 4 members (excludes halogenated alkanes) is 3. The fourth-order valence-corrected chi connectivity index (χ4v) is 1.89. The molecule has 1 rings (SSSR count). The smallest absolute Gasteiger partial charge is 0.243 e. The molecule has 0 bridgehead atoms. The van der Waals surface area contributed by atoms with Crippen molar-refractivity contribution in [2.75, 3.05) is 6.54 Å². The summed E-state index contributed by atoms with van der Waals surface area (Å²) >= 11 is 0. The highest BCUT2D eigenvalue weighted by molar-refractivity contribution is 5.85. The van der Waals surface area contributed by atoms with E-state index in [9.17, 15) is 9.59 Å². The van der Waals surface area contributed by atoms with E-state index in [4.69, 9.17) is 5.21 Å². The Morgan fingerprint density at radius 3 is 2.26 bits per heavy atom. The third-order valence-corrected chi connectivity index (χ3v) is 3.04. The molecule has 0 atom stereocenters. The largest absolute Gasteiger partial charge is 0.298 e. The number of rotatable bonds is 10. The normalized spacial score (nSPS) is 10.0. The summed E-state index contributed by atoms with van der Waals surface area (Å²) < 4.78 is 0. The first kappa shape index (κ1) is 21.0. The lowest BCUT2D eigenvalue weighted by Crippen LogP contribution is -2.17. The van der Waals surface area contributed by atoms with Gasteiger partial charge in [0.2, 0.25) is 5.91 Å². The number of hydroxylamine groups is 1. The molecule has 0 aliphatic carbocycles. The van der Waals surface area contributed by atoms with Gasteiger partial charge in [0.05, 0.1) is 6.54 Å². The summed E-state index contributed by atoms with van der Waals surface area (Å²) in [6.07, 6.45) is 5.91. The second kappa shape index (κ2) is 14.9. The van der Waals surface area contributed by atoms with Gasteiger partial charge in [-0.05, 0) is 18.4 Å². The Morgan fingerprint density at radius 1 is 1.04 bits per heavy atom. The Bertz CT molecular complexity index is 459. The zero-order valence-corrected chi connectivity index (χ0v) is 14.1. The molecule has 2 N–H and O–H groups in total. The second-order valence-corrected chi connectivity index (χ2v) is 4.87. The second-order valence-electron chi connectivity index (χ2n) is 4.87. The summed E-state index contributed by atoms with van der Waals surface area (Å²) in [6, 6.07) is 9.68. The molecule has 128 valence electrons. The highest BCUT2D eigenvalue weighted by atomic mass is 16.5. The molecule has 23 heavy (non-hydrogen) atoms. The van der Waals surface area contributed by atoms with E-state index in [0.717, 1.165) is 31.2 Å². The lowest BCUT2D eigenvalue weighted by molar-refractivity contribution is -0.129. The van der Waals surface area contributed by atoms with E-state index in [1.165, 1.54) is 0 Å². The van der Waals surface area contributed by atoms with Crippen molar-refractivity contribution in [3.8, 4) is 0 Å². The first-order valence-electron chi connectivity index (χ1n) is 8.22. The molecular weight excluding hydrogens is 292 g/mol. The molecule has 0 aliphatic heterocycles. The van der Waals surface area contributed by atoms with Crippen LogP contribution in [-0.2, 0) is 9.59 Å². The summed E-state index contributed by atoms with van der Waals surface area (Å²) in [6.45, 7) is 4.22. The number of amides is 1. The zero-order valence-electron chi connectivity index (χ0n) is 14.1. The molecular formula is C18H28N2O3. The van der Waals surface area contributed by atoms with Gasteiger partial charge < -0.3 is 0 Å². The van der Waals surface area contributed by atoms with Crippen molar-refractivity contribution >= 4 is 17.9 Å². The molecule has 0 saturated carbocycles. The number of nitrogens with zero attached hydrogens (tertiary/aromatic N) is 1. The predicted octanol–water partition coefficient (Wildman–Crippen LogP) is 3.55. The monoisotopic (exact) mass is 320 g/mol. The van der Waals surface area contributed by atoms with Crippen LogP contribution in [0, 0.1) is 0 Å². The number of carbonyl (C=O) groups is 2. The summed E-state index contributed by atoms with van der Waals surface area (Å²) in [5, 5.41) is 8.32. The Balaban J connectivity index is 0.00000232. The van der Waals surface area contributed by atoms with Gasteiger partial charge in [0.15, 0.2) is 5.78 Å². The summed E-state index contributed by atoms with van der Waals surface area (Å²) in [7, 11) is 0. The van der Waals surface area contributed by atoms with E-state index >= 15 is 0 Å². The quantitative estimate of drug-likeness (QED) is 0.299. The van der Waals surface area contributed by atoms with Crippen molar-refractivity contribution in [1.82, 2.24) is 5.48 Å². The van der Waals surface area contributed by atoms with Gasteiger partial charge in [-0.2, -0.15) is 0 Å². The average molecular weight is 320 g/mol. The highest BCUT2D eigenvalue weighted by Crippen LogP contribution is 2.06. The molecule has 0 aliphatic rings. The molecule has 0 unspecified atom stereocenters. The number of ketones is 1. The van der Waals surface area contributed by atoms with Crippen molar-refractivity contribution in [2.45, 2.75) is 52.4 Å². The molecule has 0 fully saturated rings. The maximum Gasteiger partial charge on any atom is 0.243 e. The van der Waals surface area contributed by atoms with Gasteiger partial charge in [0, 0.05) is 19.1 Å². The van der Waals surface area contributed by atoms with Crippen molar-refractivity contribution in [2.24, 2.45) is 4.99 Å². The average Bonchev–Trinajstić information content (AvgIpc) is 2.60. The van der Waals surface area contributed by atoms with Crippen LogP contribution in [0.1, 0.15) is 57.9 Å². The van der Waals surface area contributed by atoms with Gasteiger partial charge >= 0.3 is 0 Å². The summed E-state index contributed by atoms with van der Waals surface area (Å²) in [5.74, 6) is -0.225. The van der Waals surface area contributed by atoms with Crippen LogP contribution in [0.4, 0.5) is 0 Å². The minimum Gasteiger partial charge on any atom is -0.298 e. The van der Waals surface area contributed by atoms with Crippen molar-refractivity contribution in [3.63, 3.8) is 0 Å². The number of Topliss-reactive ketones (excluding diaryl/α,β-unsaturated/α-hetero) is 1. The molecule has 0 saturated heterocycles. The van der Waals surface area contributed by atoms with Gasteiger partial charge in [-0.1, -0.05) is 57.0 Å². The molecule has 5 nitrogen and oxygen atoms in total. The number of nitrogens with one attached hydrogen (secondary N) is 1. The first-order valence-corrected chi connectivity index (χ1v) is 8.22. The SMILES string of the molecule is CC.O=C(CCCCCCC(=O)NO)CN=Cc1ccccc1. The molecule has 1 aromatic rings. The van der Waals surface area contributed by atoms with E-state index in [0.29, 0.717) is 12.8 Å². The predicted molar refractivity (Wildman–Crippen MR) is 92.9 cm³/mol. The van der Waals surface area contributed by atoms with Crippen molar-refractivity contribution < 1.29 is 14.8 Å². The Hall–Kier alpha value is -2.01. The molecule has 0 aromatic heterocycles. The number of hydrogen-bond acceptors (Lipinski definition) is 4. The van der Waals surface area contributed by atoms with Crippen LogP contribution in [0.5, 0.6) is 0 Å². The summed E-state index contributed by atoms with van der Waals surface area (Å²) in [4.78, 5) is 26.5. The van der Waals surface area contributed by atoms with Crippen LogP contribution in [0.15, 0.2) is 35.3 Å². The standard InChI is InChI=1S/C16H22N2O3.C2H6/c19-15(10-6-1-2-7-11-16(20)18-21)13-17-12-14-8-4-3-5-9-14;1-2/h3-5,8-9,12,21H,1-2,6-7,10-11,13H2,(H,18,20);1-2H3.